The van der Waals surface area contributed by atoms with Crippen LogP contribution in [-0.2, 0) is 5.41 Å². The van der Waals surface area contributed by atoms with Gasteiger partial charge >= 0.3 is 0 Å². The molecule has 0 radical (unpaired) electrons. The van der Waals surface area contributed by atoms with E-state index in [9.17, 15) is 4.79 Å². The number of halogens is 1. The number of carbonyl (C=O) groups is 1. The number of nitrogens with zero attached hydrogens (tertiary/aromatic N) is 1. The molecule has 1 unspecified atom stereocenters. The second-order valence-corrected chi connectivity index (χ2v) is 8.56. The third kappa shape index (κ3) is 3.38. The van der Waals surface area contributed by atoms with Crippen LogP contribution >= 0.6 is 11.6 Å². The first-order valence-electron chi connectivity index (χ1n) is 9.40. The van der Waals surface area contributed by atoms with E-state index in [1.165, 1.54) is 5.56 Å². The number of anilines is 2. The summed E-state index contributed by atoms with van der Waals surface area (Å²) in [5.41, 5.74) is 4.58. The highest BCUT2D eigenvalue weighted by atomic mass is 35.5. The van der Waals surface area contributed by atoms with Crippen LogP contribution in [0.2, 0.25) is 5.02 Å². The normalized spacial score (nSPS) is 16.5. The highest BCUT2D eigenvalue weighted by Gasteiger charge is 2.34. The second-order valence-electron chi connectivity index (χ2n) is 8.12. The summed E-state index contributed by atoms with van der Waals surface area (Å²) >= 11 is 6.23. The van der Waals surface area contributed by atoms with E-state index in [4.69, 9.17) is 11.6 Å². The third-order valence-corrected chi connectivity index (χ3v) is 5.34. The molecule has 4 rings (SSSR count). The molecule has 1 N–H and O–H groups in total. The quantitative estimate of drug-likeness (QED) is 0.548. The Balaban J connectivity index is 1.82. The molecule has 1 heterocycles. The molecule has 0 fully saturated rings. The molecule has 142 valence electrons. The highest BCUT2D eigenvalue weighted by Crippen LogP contribution is 2.37. The van der Waals surface area contributed by atoms with E-state index < -0.39 is 0 Å². The van der Waals surface area contributed by atoms with Gasteiger partial charge in [0.15, 0.2) is 0 Å². The summed E-state index contributed by atoms with van der Waals surface area (Å²) in [6, 6.07) is 23.5. The van der Waals surface area contributed by atoms with Gasteiger partial charge in [0, 0.05) is 16.4 Å². The fourth-order valence-electron chi connectivity index (χ4n) is 3.55. The van der Waals surface area contributed by atoms with Crippen LogP contribution in [0.5, 0.6) is 0 Å². The predicted octanol–water partition coefficient (Wildman–Crippen LogP) is 6.41. The molecular weight excluding hydrogens is 368 g/mol. The SMILES string of the molecule is CC(C)(C)c1ccc(N2C(=O)c3ccccc3NC2c2cccc(Cl)c2)cc1. The van der Waals surface area contributed by atoms with Gasteiger partial charge in [-0.2, -0.15) is 0 Å². The average Bonchev–Trinajstić information content (AvgIpc) is 2.67. The van der Waals surface area contributed by atoms with E-state index in [2.05, 4.69) is 38.2 Å². The van der Waals surface area contributed by atoms with Crippen molar-refractivity contribution >= 4 is 28.9 Å². The lowest BCUT2D eigenvalue weighted by atomic mass is 9.87. The van der Waals surface area contributed by atoms with Crippen molar-refractivity contribution in [3.8, 4) is 0 Å². The van der Waals surface area contributed by atoms with Crippen LogP contribution in [0.1, 0.15) is 48.4 Å². The minimum Gasteiger partial charge on any atom is -0.360 e. The summed E-state index contributed by atoms with van der Waals surface area (Å²) in [7, 11) is 0. The standard InChI is InChI=1S/C24H23ClN2O/c1-24(2,3)17-11-13-19(14-12-17)27-22(16-7-6-8-18(25)15-16)26-21-10-5-4-9-20(21)23(27)28/h4-15,22,26H,1-3H3. The molecule has 4 heteroatoms. The van der Waals surface area contributed by atoms with Crippen molar-refractivity contribution in [1.82, 2.24) is 0 Å². The molecule has 0 aromatic heterocycles. The maximum absolute atomic E-state index is 13.4. The number of rotatable bonds is 2. The molecule has 0 saturated heterocycles. The minimum atomic E-state index is -0.332. The van der Waals surface area contributed by atoms with Gasteiger partial charge in [-0.15, -0.1) is 0 Å². The Morgan fingerprint density at radius 1 is 0.929 bits per heavy atom. The molecule has 1 atom stereocenters. The van der Waals surface area contributed by atoms with E-state index in [0.717, 1.165) is 16.9 Å². The monoisotopic (exact) mass is 390 g/mol. The molecule has 1 aliphatic heterocycles. The molecule has 28 heavy (non-hydrogen) atoms. The van der Waals surface area contributed by atoms with Gasteiger partial charge in [-0.25, -0.2) is 0 Å². The first kappa shape index (κ1) is 18.6. The van der Waals surface area contributed by atoms with E-state index >= 15 is 0 Å². The summed E-state index contributed by atoms with van der Waals surface area (Å²) in [5, 5.41) is 4.16. The number of para-hydroxylation sites is 1. The van der Waals surface area contributed by atoms with E-state index in [1.807, 2.05) is 60.7 Å². The lowest BCUT2D eigenvalue weighted by Gasteiger charge is -2.38. The maximum Gasteiger partial charge on any atom is 0.262 e. The number of hydrogen-bond donors (Lipinski definition) is 1. The number of amides is 1. The van der Waals surface area contributed by atoms with E-state index in [0.29, 0.717) is 10.6 Å². The summed E-state index contributed by atoms with van der Waals surface area (Å²) in [5.74, 6) is -0.0252. The van der Waals surface area contributed by atoms with Gasteiger partial charge < -0.3 is 5.32 Å². The number of nitrogens with one attached hydrogen (secondary N) is 1. The molecule has 3 aromatic carbocycles. The van der Waals surface area contributed by atoms with Crippen LogP contribution in [0, 0.1) is 0 Å². The Morgan fingerprint density at radius 3 is 2.32 bits per heavy atom. The van der Waals surface area contributed by atoms with Gasteiger partial charge in [-0.1, -0.05) is 68.8 Å². The van der Waals surface area contributed by atoms with Crippen LogP contribution in [0.3, 0.4) is 0 Å². The first-order chi connectivity index (χ1) is 13.3. The second kappa shape index (κ2) is 6.99. The van der Waals surface area contributed by atoms with Crippen molar-refractivity contribution in [3.63, 3.8) is 0 Å². The van der Waals surface area contributed by atoms with Crippen molar-refractivity contribution in [2.24, 2.45) is 0 Å². The molecular formula is C24H23ClN2O. The number of benzene rings is 3. The van der Waals surface area contributed by atoms with Gasteiger partial charge in [0.2, 0.25) is 0 Å². The van der Waals surface area contributed by atoms with Gasteiger partial charge in [-0.3, -0.25) is 9.69 Å². The fraction of sp³-hybridized carbons (Fsp3) is 0.208. The maximum atomic E-state index is 13.4. The van der Waals surface area contributed by atoms with Crippen LogP contribution in [0.15, 0.2) is 72.8 Å². The lowest BCUT2D eigenvalue weighted by Crippen LogP contribution is -2.43. The zero-order valence-electron chi connectivity index (χ0n) is 16.2. The molecule has 3 aromatic rings. The Morgan fingerprint density at radius 2 is 1.64 bits per heavy atom. The zero-order valence-corrected chi connectivity index (χ0v) is 17.0. The van der Waals surface area contributed by atoms with Crippen LogP contribution in [0.25, 0.3) is 0 Å². The molecule has 0 aliphatic carbocycles. The number of fused-ring (bicyclic) bond motifs is 1. The van der Waals surface area contributed by atoms with Crippen molar-refractivity contribution in [3.05, 3.63) is 94.5 Å². The molecule has 0 spiro atoms. The summed E-state index contributed by atoms with van der Waals surface area (Å²) in [6.45, 7) is 6.54. The average molecular weight is 391 g/mol. The summed E-state index contributed by atoms with van der Waals surface area (Å²) < 4.78 is 0. The van der Waals surface area contributed by atoms with Crippen LogP contribution < -0.4 is 10.2 Å². The van der Waals surface area contributed by atoms with E-state index in [1.54, 1.807) is 4.90 Å². The molecule has 3 nitrogen and oxygen atoms in total. The van der Waals surface area contributed by atoms with Gasteiger partial charge in [0.05, 0.1) is 5.56 Å². The molecule has 0 saturated carbocycles. The third-order valence-electron chi connectivity index (χ3n) is 5.10. The van der Waals surface area contributed by atoms with Crippen molar-refractivity contribution in [1.29, 1.82) is 0 Å². The van der Waals surface area contributed by atoms with Gasteiger partial charge in [0.1, 0.15) is 6.17 Å². The Hall–Kier alpha value is -2.78. The lowest BCUT2D eigenvalue weighted by molar-refractivity contribution is 0.0975. The Kier molecular flexibility index (Phi) is 4.64. The van der Waals surface area contributed by atoms with Crippen LogP contribution in [-0.4, -0.2) is 5.91 Å². The van der Waals surface area contributed by atoms with Crippen molar-refractivity contribution in [2.75, 3.05) is 10.2 Å². The molecule has 1 aliphatic rings. The van der Waals surface area contributed by atoms with Crippen molar-refractivity contribution < 1.29 is 4.79 Å². The first-order valence-corrected chi connectivity index (χ1v) is 9.77. The topological polar surface area (TPSA) is 32.3 Å². The highest BCUT2D eigenvalue weighted by molar-refractivity contribution is 6.30. The number of carbonyl (C=O) groups excluding carboxylic acids is 1. The smallest absolute Gasteiger partial charge is 0.262 e. The number of hydrogen-bond acceptors (Lipinski definition) is 2. The summed E-state index contributed by atoms with van der Waals surface area (Å²) in [6.07, 6.45) is -0.332. The molecule has 1 amide bonds. The van der Waals surface area contributed by atoms with Crippen molar-refractivity contribution in [2.45, 2.75) is 32.4 Å². The minimum absolute atomic E-state index is 0.0252. The fourth-order valence-corrected chi connectivity index (χ4v) is 3.75. The van der Waals surface area contributed by atoms with Crippen LogP contribution in [0.4, 0.5) is 11.4 Å². The summed E-state index contributed by atoms with van der Waals surface area (Å²) in [4.78, 5) is 15.2. The largest absolute Gasteiger partial charge is 0.360 e. The Labute approximate surface area is 171 Å². The molecule has 0 bridgehead atoms. The van der Waals surface area contributed by atoms with E-state index in [-0.39, 0.29) is 17.5 Å². The van der Waals surface area contributed by atoms with Gasteiger partial charge in [-0.05, 0) is 52.9 Å². The van der Waals surface area contributed by atoms with Gasteiger partial charge in [0.25, 0.3) is 5.91 Å². The zero-order chi connectivity index (χ0) is 19.9. The predicted molar refractivity (Wildman–Crippen MR) is 116 cm³/mol. The Bertz CT molecular complexity index is 1020.